The zero-order valence-electron chi connectivity index (χ0n) is 18.1. The highest BCUT2D eigenvalue weighted by atomic mass is 16.6. The molecule has 156 valence electrons. The first-order valence-corrected chi connectivity index (χ1v) is 10.3. The van der Waals surface area contributed by atoms with E-state index in [2.05, 4.69) is 50.0 Å². The van der Waals surface area contributed by atoms with Gasteiger partial charge in [-0.3, -0.25) is 4.79 Å². The lowest BCUT2D eigenvalue weighted by Gasteiger charge is -2.24. The first kappa shape index (κ1) is 21.3. The predicted octanol–water partition coefficient (Wildman–Crippen LogP) is 4.73. The first-order chi connectivity index (χ1) is 13.7. The van der Waals surface area contributed by atoms with Gasteiger partial charge in [-0.1, -0.05) is 45.0 Å². The topological polar surface area (TPSA) is 68.4 Å². The van der Waals surface area contributed by atoms with E-state index in [1.165, 1.54) is 5.56 Å². The Morgan fingerprint density at radius 1 is 1.14 bits per heavy atom. The molecule has 29 heavy (non-hydrogen) atoms. The number of H-pyrrole nitrogens is 1. The highest BCUT2D eigenvalue weighted by Crippen LogP contribution is 2.36. The lowest BCUT2D eigenvalue weighted by molar-refractivity contribution is 0.0329. The maximum absolute atomic E-state index is 12.9. The molecule has 0 spiro atoms. The van der Waals surface area contributed by atoms with Crippen molar-refractivity contribution in [3.8, 4) is 0 Å². The van der Waals surface area contributed by atoms with Crippen LogP contribution in [0.15, 0.2) is 24.3 Å². The Morgan fingerprint density at radius 3 is 2.45 bits per heavy atom. The molecule has 2 aromatic rings. The fourth-order valence-electron chi connectivity index (χ4n) is 3.94. The minimum atomic E-state index is -0.435. The van der Waals surface area contributed by atoms with Crippen LogP contribution >= 0.6 is 0 Å². The maximum atomic E-state index is 12.9. The number of rotatable bonds is 6. The molecule has 5 nitrogen and oxygen atoms in total. The van der Waals surface area contributed by atoms with E-state index in [4.69, 9.17) is 9.47 Å². The van der Waals surface area contributed by atoms with Gasteiger partial charge in [0.25, 0.3) is 0 Å². The van der Waals surface area contributed by atoms with Gasteiger partial charge in [-0.05, 0) is 48.3 Å². The van der Waals surface area contributed by atoms with Crippen LogP contribution in [0.25, 0.3) is 0 Å². The van der Waals surface area contributed by atoms with Crippen LogP contribution < -0.4 is 0 Å². The van der Waals surface area contributed by atoms with Gasteiger partial charge in [-0.2, -0.15) is 0 Å². The summed E-state index contributed by atoms with van der Waals surface area (Å²) in [5, 5.41) is 0. The SMILES string of the molecule is CCOCCOC(=O)c1[nH]c2c(c1C)C(=O)C[C@H](c1ccc(C(C)(C)C)cc1)C2. The van der Waals surface area contributed by atoms with E-state index >= 15 is 0 Å². The fourth-order valence-corrected chi connectivity index (χ4v) is 3.94. The highest BCUT2D eigenvalue weighted by Gasteiger charge is 2.32. The van der Waals surface area contributed by atoms with E-state index in [1.54, 1.807) is 0 Å². The Bertz CT molecular complexity index is 887. The molecule has 1 aliphatic carbocycles. The molecule has 0 amide bonds. The molecular weight excluding hydrogens is 366 g/mol. The van der Waals surface area contributed by atoms with Crippen LogP contribution in [0.2, 0.25) is 0 Å². The Labute approximate surface area is 172 Å². The number of hydrogen-bond acceptors (Lipinski definition) is 4. The number of fused-ring (bicyclic) bond motifs is 1. The monoisotopic (exact) mass is 397 g/mol. The summed E-state index contributed by atoms with van der Waals surface area (Å²) < 4.78 is 10.5. The molecule has 0 aliphatic heterocycles. The number of nitrogens with one attached hydrogen (secondary N) is 1. The second-order valence-corrected chi connectivity index (χ2v) is 8.71. The van der Waals surface area contributed by atoms with E-state index in [9.17, 15) is 9.59 Å². The number of ketones is 1. The molecule has 3 rings (SSSR count). The van der Waals surface area contributed by atoms with Crippen molar-refractivity contribution in [3.05, 3.63) is 57.9 Å². The molecule has 1 heterocycles. The summed E-state index contributed by atoms with van der Waals surface area (Å²) >= 11 is 0. The van der Waals surface area contributed by atoms with Crippen LogP contribution in [-0.2, 0) is 21.3 Å². The van der Waals surface area contributed by atoms with E-state index in [-0.39, 0.29) is 23.7 Å². The Balaban J connectivity index is 1.78. The number of hydrogen-bond donors (Lipinski definition) is 1. The van der Waals surface area contributed by atoms with Crippen molar-refractivity contribution < 1.29 is 19.1 Å². The minimum Gasteiger partial charge on any atom is -0.459 e. The van der Waals surface area contributed by atoms with Crippen LogP contribution in [0.4, 0.5) is 0 Å². The van der Waals surface area contributed by atoms with Gasteiger partial charge in [-0.25, -0.2) is 4.79 Å². The molecule has 0 fully saturated rings. The smallest absolute Gasteiger partial charge is 0.355 e. The summed E-state index contributed by atoms with van der Waals surface area (Å²) in [4.78, 5) is 28.4. The van der Waals surface area contributed by atoms with Crippen molar-refractivity contribution in [2.45, 2.75) is 58.8 Å². The quantitative estimate of drug-likeness (QED) is 0.565. The summed E-state index contributed by atoms with van der Waals surface area (Å²) in [6, 6.07) is 8.55. The van der Waals surface area contributed by atoms with Crippen LogP contribution in [-0.4, -0.2) is 36.6 Å². The van der Waals surface area contributed by atoms with Crippen LogP contribution in [0.3, 0.4) is 0 Å². The van der Waals surface area contributed by atoms with Gasteiger partial charge in [0.05, 0.1) is 6.61 Å². The molecule has 1 aromatic heterocycles. The third kappa shape index (κ3) is 4.61. The summed E-state index contributed by atoms with van der Waals surface area (Å²) in [6.45, 7) is 11.4. The van der Waals surface area contributed by atoms with Crippen LogP contribution in [0.1, 0.15) is 83.3 Å². The summed E-state index contributed by atoms with van der Waals surface area (Å²) in [6.07, 6.45) is 1.17. The molecule has 1 aromatic carbocycles. The largest absolute Gasteiger partial charge is 0.459 e. The van der Waals surface area contributed by atoms with Crippen molar-refractivity contribution in [3.63, 3.8) is 0 Å². The van der Waals surface area contributed by atoms with Crippen molar-refractivity contribution in [1.29, 1.82) is 0 Å². The van der Waals surface area contributed by atoms with Crippen molar-refractivity contribution >= 4 is 11.8 Å². The number of esters is 1. The van der Waals surface area contributed by atoms with Crippen molar-refractivity contribution in [2.24, 2.45) is 0 Å². The molecule has 0 radical (unpaired) electrons. The summed E-state index contributed by atoms with van der Waals surface area (Å²) in [5.74, 6) is -0.238. The second kappa shape index (κ2) is 8.54. The lowest BCUT2D eigenvalue weighted by Crippen LogP contribution is -2.19. The average Bonchev–Trinajstić information content (AvgIpc) is 3.01. The average molecular weight is 398 g/mol. The second-order valence-electron chi connectivity index (χ2n) is 8.71. The predicted molar refractivity (Wildman–Crippen MR) is 113 cm³/mol. The molecule has 1 atom stereocenters. The van der Waals surface area contributed by atoms with E-state index in [0.29, 0.717) is 42.9 Å². The molecule has 1 aliphatic rings. The Hall–Kier alpha value is -2.40. The van der Waals surface area contributed by atoms with Crippen molar-refractivity contribution in [2.75, 3.05) is 19.8 Å². The number of aromatic nitrogens is 1. The van der Waals surface area contributed by atoms with Crippen LogP contribution in [0, 0.1) is 6.92 Å². The highest BCUT2D eigenvalue weighted by molar-refractivity contribution is 6.03. The molecule has 0 saturated heterocycles. The fraction of sp³-hybridized carbons (Fsp3) is 0.500. The third-order valence-corrected chi connectivity index (χ3v) is 5.61. The number of aromatic amines is 1. The molecule has 0 bridgehead atoms. The van der Waals surface area contributed by atoms with Gasteiger partial charge in [0.2, 0.25) is 0 Å². The van der Waals surface area contributed by atoms with Crippen molar-refractivity contribution in [1.82, 2.24) is 4.98 Å². The number of carbonyl (C=O) groups is 2. The molecule has 0 saturated carbocycles. The number of benzene rings is 1. The van der Waals surface area contributed by atoms with Gasteiger partial charge in [0, 0.05) is 24.3 Å². The van der Waals surface area contributed by atoms with Gasteiger partial charge in [0.15, 0.2) is 5.78 Å². The lowest BCUT2D eigenvalue weighted by atomic mass is 9.80. The Kier molecular flexibility index (Phi) is 6.27. The normalized spacial score (nSPS) is 16.6. The van der Waals surface area contributed by atoms with Gasteiger partial charge < -0.3 is 14.5 Å². The summed E-state index contributed by atoms with van der Waals surface area (Å²) in [7, 11) is 0. The zero-order valence-corrected chi connectivity index (χ0v) is 18.1. The molecule has 5 heteroatoms. The van der Waals surface area contributed by atoms with Gasteiger partial charge in [-0.15, -0.1) is 0 Å². The summed E-state index contributed by atoms with van der Waals surface area (Å²) in [5.41, 5.74) is 5.09. The molecule has 0 unspecified atom stereocenters. The molecular formula is C24H31NO4. The molecule has 1 N–H and O–H groups in total. The van der Waals surface area contributed by atoms with Gasteiger partial charge >= 0.3 is 5.97 Å². The minimum absolute atomic E-state index is 0.0817. The number of carbonyl (C=O) groups excluding carboxylic acids is 2. The van der Waals surface area contributed by atoms with Crippen LogP contribution in [0.5, 0.6) is 0 Å². The first-order valence-electron chi connectivity index (χ1n) is 10.3. The third-order valence-electron chi connectivity index (χ3n) is 5.61. The van der Waals surface area contributed by atoms with E-state index in [0.717, 1.165) is 11.3 Å². The van der Waals surface area contributed by atoms with Gasteiger partial charge in [0.1, 0.15) is 12.3 Å². The standard InChI is InChI=1S/C24H31NO4/c1-6-28-11-12-29-23(27)22-15(2)21-19(25-22)13-17(14-20(21)26)16-7-9-18(10-8-16)24(3,4)5/h7-10,17,25H,6,11-14H2,1-5H3/t17-/m1/s1. The van der Waals surface area contributed by atoms with E-state index < -0.39 is 5.97 Å². The van der Waals surface area contributed by atoms with E-state index in [1.807, 2.05) is 13.8 Å². The number of Topliss-reactive ketones (excluding diaryl/α,β-unsaturated/α-hetero) is 1. The number of ether oxygens (including phenoxy) is 2. The zero-order chi connectivity index (χ0) is 21.2. The Morgan fingerprint density at radius 2 is 1.83 bits per heavy atom. The maximum Gasteiger partial charge on any atom is 0.355 e.